The van der Waals surface area contributed by atoms with E-state index in [1.54, 1.807) is 18.0 Å². The van der Waals surface area contributed by atoms with Crippen molar-refractivity contribution in [3.63, 3.8) is 0 Å². The lowest BCUT2D eigenvalue weighted by Crippen LogP contribution is -2.00. The third-order valence-electron chi connectivity index (χ3n) is 2.51. The van der Waals surface area contributed by atoms with E-state index in [2.05, 4.69) is 11.8 Å². The lowest BCUT2D eigenvalue weighted by molar-refractivity contribution is 0.344. The normalized spacial score (nSPS) is 9.85. The van der Waals surface area contributed by atoms with Gasteiger partial charge in [0.15, 0.2) is 0 Å². The van der Waals surface area contributed by atoms with E-state index < -0.39 is 0 Å². The lowest BCUT2D eigenvalue weighted by atomic mass is 10.2. The van der Waals surface area contributed by atoms with Gasteiger partial charge in [0.25, 0.3) is 0 Å². The Morgan fingerprint density at radius 1 is 1.20 bits per heavy atom. The SMILES string of the molecule is NCC#Cc1ccc(OCCSCc2ccco2)cc1. The van der Waals surface area contributed by atoms with Crippen LogP contribution >= 0.6 is 11.8 Å². The molecular weight excluding hydrogens is 270 g/mol. The first-order valence-electron chi connectivity index (χ1n) is 6.40. The van der Waals surface area contributed by atoms with Crippen LogP contribution in [0.2, 0.25) is 0 Å². The van der Waals surface area contributed by atoms with Gasteiger partial charge in [-0.25, -0.2) is 0 Å². The van der Waals surface area contributed by atoms with Crippen LogP contribution in [0.5, 0.6) is 5.75 Å². The Balaban J connectivity index is 1.66. The number of benzene rings is 1. The molecule has 0 saturated carbocycles. The minimum atomic E-state index is 0.380. The highest BCUT2D eigenvalue weighted by molar-refractivity contribution is 7.98. The number of rotatable bonds is 6. The average molecular weight is 287 g/mol. The van der Waals surface area contributed by atoms with E-state index in [4.69, 9.17) is 14.9 Å². The van der Waals surface area contributed by atoms with Crippen molar-refractivity contribution in [3.05, 3.63) is 54.0 Å². The van der Waals surface area contributed by atoms with Crippen molar-refractivity contribution in [2.75, 3.05) is 18.9 Å². The Morgan fingerprint density at radius 3 is 2.75 bits per heavy atom. The van der Waals surface area contributed by atoms with Gasteiger partial charge in [-0.2, -0.15) is 11.8 Å². The Bertz CT molecular complexity index is 552. The van der Waals surface area contributed by atoms with Crippen LogP contribution in [0.1, 0.15) is 11.3 Å². The molecule has 2 rings (SSSR count). The van der Waals surface area contributed by atoms with E-state index >= 15 is 0 Å². The van der Waals surface area contributed by atoms with E-state index in [9.17, 15) is 0 Å². The first kappa shape index (κ1) is 14.6. The second-order valence-corrected chi connectivity index (χ2v) is 5.12. The minimum absolute atomic E-state index is 0.380. The molecule has 3 nitrogen and oxygen atoms in total. The molecule has 1 aromatic heterocycles. The smallest absolute Gasteiger partial charge is 0.119 e. The Morgan fingerprint density at radius 2 is 2.05 bits per heavy atom. The summed E-state index contributed by atoms with van der Waals surface area (Å²) in [5.74, 6) is 9.47. The number of thioether (sulfide) groups is 1. The number of hydrogen-bond donors (Lipinski definition) is 1. The molecule has 0 unspecified atom stereocenters. The molecule has 104 valence electrons. The molecule has 0 aliphatic heterocycles. The van der Waals surface area contributed by atoms with Crippen LogP contribution in [0.25, 0.3) is 0 Å². The Labute approximate surface area is 123 Å². The summed E-state index contributed by atoms with van der Waals surface area (Å²) in [5, 5.41) is 0. The Kier molecular flexibility index (Phi) is 6.09. The van der Waals surface area contributed by atoms with Crippen molar-refractivity contribution in [1.82, 2.24) is 0 Å². The van der Waals surface area contributed by atoms with Gasteiger partial charge >= 0.3 is 0 Å². The zero-order valence-electron chi connectivity index (χ0n) is 11.2. The van der Waals surface area contributed by atoms with Gasteiger partial charge in [-0.1, -0.05) is 11.8 Å². The van der Waals surface area contributed by atoms with Gasteiger partial charge in [-0.3, -0.25) is 0 Å². The molecule has 0 aliphatic rings. The van der Waals surface area contributed by atoms with Crippen LogP contribution in [0.4, 0.5) is 0 Å². The van der Waals surface area contributed by atoms with Crippen molar-refractivity contribution in [1.29, 1.82) is 0 Å². The van der Waals surface area contributed by atoms with Crippen LogP contribution in [0.3, 0.4) is 0 Å². The maximum Gasteiger partial charge on any atom is 0.119 e. The summed E-state index contributed by atoms with van der Waals surface area (Å²) < 4.78 is 10.9. The second kappa shape index (κ2) is 8.36. The third-order valence-corrected chi connectivity index (χ3v) is 3.45. The van der Waals surface area contributed by atoms with E-state index in [0.717, 1.165) is 28.6 Å². The molecule has 0 amide bonds. The molecule has 0 saturated heterocycles. The van der Waals surface area contributed by atoms with Gasteiger partial charge in [0.1, 0.15) is 11.5 Å². The van der Waals surface area contributed by atoms with Crippen LogP contribution in [-0.4, -0.2) is 18.9 Å². The first-order valence-corrected chi connectivity index (χ1v) is 7.56. The summed E-state index contributed by atoms with van der Waals surface area (Å²) in [6, 6.07) is 11.6. The number of ether oxygens (including phenoxy) is 1. The molecule has 1 heterocycles. The van der Waals surface area contributed by atoms with Gasteiger partial charge in [0, 0.05) is 11.3 Å². The molecule has 0 bridgehead atoms. The molecule has 0 aliphatic carbocycles. The highest BCUT2D eigenvalue weighted by Crippen LogP contribution is 2.14. The molecule has 1 aromatic carbocycles. The Hall–Kier alpha value is -1.83. The monoisotopic (exact) mass is 287 g/mol. The van der Waals surface area contributed by atoms with Crippen molar-refractivity contribution < 1.29 is 9.15 Å². The maximum absolute atomic E-state index is 5.66. The maximum atomic E-state index is 5.66. The fourth-order valence-electron chi connectivity index (χ4n) is 1.57. The third kappa shape index (κ3) is 5.04. The predicted molar refractivity (Wildman–Crippen MR) is 82.7 cm³/mol. The van der Waals surface area contributed by atoms with E-state index in [1.165, 1.54) is 0 Å². The minimum Gasteiger partial charge on any atom is -0.493 e. The molecular formula is C16H17NO2S. The molecule has 0 fully saturated rings. The van der Waals surface area contributed by atoms with Gasteiger partial charge in [-0.15, -0.1) is 0 Å². The average Bonchev–Trinajstić information content (AvgIpc) is 2.99. The van der Waals surface area contributed by atoms with Crippen molar-refractivity contribution in [2.45, 2.75) is 5.75 Å². The van der Waals surface area contributed by atoms with E-state index in [0.29, 0.717) is 13.2 Å². The van der Waals surface area contributed by atoms with Gasteiger partial charge < -0.3 is 14.9 Å². The predicted octanol–water partition coefficient (Wildman–Crippen LogP) is 2.90. The second-order valence-electron chi connectivity index (χ2n) is 4.01. The molecule has 0 radical (unpaired) electrons. The lowest BCUT2D eigenvalue weighted by Gasteiger charge is -2.05. The summed E-state index contributed by atoms with van der Waals surface area (Å²) in [4.78, 5) is 0. The highest BCUT2D eigenvalue weighted by Gasteiger charge is 1.97. The topological polar surface area (TPSA) is 48.4 Å². The number of furan rings is 1. The molecule has 20 heavy (non-hydrogen) atoms. The van der Waals surface area contributed by atoms with Crippen molar-refractivity contribution in [2.24, 2.45) is 5.73 Å². The van der Waals surface area contributed by atoms with Gasteiger partial charge in [-0.05, 0) is 36.4 Å². The molecule has 2 N–H and O–H groups in total. The molecule has 0 atom stereocenters. The van der Waals surface area contributed by atoms with Crippen LogP contribution in [0, 0.1) is 11.8 Å². The van der Waals surface area contributed by atoms with Crippen molar-refractivity contribution in [3.8, 4) is 17.6 Å². The zero-order chi connectivity index (χ0) is 14.0. The fourth-order valence-corrected chi connectivity index (χ4v) is 2.28. The standard InChI is InChI=1S/C16H17NO2S/c17-9-1-3-14-5-7-15(8-6-14)19-11-12-20-13-16-4-2-10-18-16/h2,4-8,10H,9,11-13,17H2. The highest BCUT2D eigenvalue weighted by atomic mass is 32.2. The van der Waals surface area contributed by atoms with Gasteiger partial charge in [0.05, 0.1) is 25.2 Å². The number of nitrogens with two attached hydrogens (primary N) is 1. The quantitative estimate of drug-likeness (QED) is 0.655. The van der Waals surface area contributed by atoms with Crippen LogP contribution < -0.4 is 10.5 Å². The summed E-state index contributed by atoms with van der Waals surface area (Å²) in [7, 11) is 0. The summed E-state index contributed by atoms with van der Waals surface area (Å²) >= 11 is 1.79. The summed E-state index contributed by atoms with van der Waals surface area (Å²) in [5.41, 5.74) is 6.28. The number of hydrogen-bond acceptors (Lipinski definition) is 4. The van der Waals surface area contributed by atoms with Crippen LogP contribution in [0.15, 0.2) is 47.1 Å². The largest absolute Gasteiger partial charge is 0.493 e. The van der Waals surface area contributed by atoms with E-state index in [-0.39, 0.29) is 0 Å². The van der Waals surface area contributed by atoms with E-state index in [1.807, 2.05) is 36.4 Å². The summed E-state index contributed by atoms with van der Waals surface area (Å²) in [6.07, 6.45) is 1.70. The fraction of sp³-hybridized carbons (Fsp3) is 0.250. The van der Waals surface area contributed by atoms with Gasteiger partial charge in [0.2, 0.25) is 0 Å². The van der Waals surface area contributed by atoms with Crippen molar-refractivity contribution >= 4 is 11.8 Å². The molecule has 2 aromatic rings. The zero-order valence-corrected chi connectivity index (χ0v) is 12.0. The molecule has 0 spiro atoms. The first-order chi connectivity index (χ1) is 9.88. The summed E-state index contributed by atoms with van der Waals surface area (Å²) in [6.45, 7) is 1.06. The molecule has 4 heteroatoms. The van der Waals surface area contributed by atoms with Crippen LogP contribution in [-0.2, 0) is 5.75 Å².